The monoisotopic (exact) mass is 702 g/mol. The Bertz CT molecular complexity index is 1800. The number of fused-ring (bicyclic) bond motifs is 1. The average molecular weight is 703 g/mol. The number of halogens is 1. The summed E-state index contributed by atoms with van der Waals surface area (Å²) in [4.78, 5) is 52.5. The summed E-state index contributed by atoms with van der Waals surface area (Å²) in [6.07, 6.45) is 0. The van der Waals surface area contributed by atoms with E-state index in [-0.39, 0.29) is 33.1 Å². The molecule has 0 saturated carbocycles. The number of esters is 1. The van der Waals surface area contributed by atoms with E-state index in [0.717, 1.165) is 28.2 Å². The van der Waals surface area contributed by atoms with Crippen LogP contribution in [0.15, 0.2) is 107 Å². The fraction of sp³-hybridized carbons (Fsp3) is 0.235. The Morgan fingerprint density at radius 1 is 0.958 bits per heavy atom. The highest BCUT2D eigenvalue weighted by atomic mass is 35.5. The zero-order valence-electron chi connectivity index (χ0n) is 26.1. The van der Waals surface area contributed by atoms with Crippen LogP contribution in [-0.4, -0.2) is 60.5 Å². The number of thioether (sulfide) groups is 1. The lowest BCUT2D eigenvalue weighted by Crippen LogP contribution is -2.71. The van der Waals surface area contributed by atoms with Gasteiger partial charge in [-0.25, -0.2) is 4.79 Å². The van der Waals surface area contributed by atoms with Gasteiger partial charge in [0.25, 0.3) is 11.8 Å². The quantitative estimate of drug-likeness (QED) is 0.0806. The van der Waals surface area contributed by atoms with Gasteiger partial charge in [0.2, 0.25) is 17.1 Å². The molecule has 2 aliphatic heterocycles. The molecule has 4 aromatic rings. The Hall–Kier alpha value is -4.72. The second kappa shape index (κ2) is 13.4. The van der Waals surface area contributed by atoms with Crippen molar-refractivity contribution in [1.82, 2.24) is 19.6 Å². The maximum Gasteiger partial charge on any atom is 0.356 e. The number of aromatic nitrogens is 2. The van der Waals surface area contributed by atoms with E-state index in [9.17, 15) is 14.4 Å². The topological polar surface area (TPSA) is 149 Å². The van der Waals surface area contributed by atoms with Gasteiger partial charge in [0.1, 0.15) is 22.7 Å². The van der Waals surface area contributed by atoms with Crippen LogP contribution in [0.3, 0.4) is 0 Å². The summed E-state index contributed by atoms with van der Waals surface area (Å²) in [7, 11) is 0. The minimum Gasteiger partial charge on any atom is -0.455 e. The first-order valence-electron chi connectivity index (χ1n) is 14.9. The van der Waals surface area contributed by atoms with Crippen molar-refractivity contribution in [2.24, 2.45) is 5.16 Å². The maximum absolute atomic E-state index is 14.0. The number of β-lactam (4-membered cyclic amide) rings is 1. The molecule has 14 heteroatoms. The van der Waals surface area contributed by atoms with Gasteiger partial charge in [0, 0.05) is 34.0 Å². The number of oxime groups is 1. The van der Waals surface area contributed by atoms with Crippen LogP contribution in [0.4, 0.5) is 5.13 Å². The highest BCUT2D eigenvalue weighted by molar-refractivity contribution is 8.00. The third-order valence-electron chi connectivity index (χ3n) is 7.48. The molecule has 0 radical (unpaired) electrons. The number of nitrogens with zero attached hydrogens (tertiary/aromatic N) is 4. The van der Waals surface area contributed by atoms with Crippen molar-refractivity contribution in [2.45, 2.75) is 43.4 Å². The number of hydrogen-bond acceptors (Lipinski definition) is 11. The molecule has 1 fully saturated rings. The zero-order chi connectivity index (χ0) is 34.1. The first kappa shape index (κ1) is 33.2. The molecule has 48 heavy (non-hydrogen) atoms. The van der Waals surface area contributed by atoms with Crippen molar-refractivity contribution in [3.05, 3.63) is 124 Å². The highest BCUT2D eigenvalue weighted by Gasteiger charge is 2.55. The van der Waals surface area contributed by atoms with Gasteiger partial charge in [-0.15, -0.1) is 11.8 Å². The minimum absolute atomic E-state index is 0.0321. The van der Waals surface area contributed by atoms with Crippen LogP contribution in [0.25, 0.3) is 0 Å². The molecular formula is C34H31ClN6O5S2. The molecule has 2 atom stereocenters. The zero-order valence-corrected chi connectivity index (χ0v) is 28.5. The Morgan fingerprint density at radius 2 is 1.50 bits per heavy atom. The van der Waals surface area contributed by atoms with E-state index in [0.29, 0.717) is 0 Å². The summed E-state index contributed by atoms with van der Waals surface area (Å²) in [6.45, 7) is 5.17. The number of carbonyl (C=O) groups is 3. The van der Waals surface area contributed by atoms with Gasteiger partial charge in [-0.3, -0.25) is 14.5 Å². The molecule has 6 rings (SSSR count). The van der Waals surface area contributed by atoms with E-state index < -0.39 is 40.4 Å². The maximum atomic E-state index is 14.0. The lowest BCUT2D eigenvalue weighted by atomic mass is 9.80. The fourth-order valence-electron chi connectivity index (χ4n) is 5.41. The van der Waals surface area contributed by atoms with E-state index in [2.05, 4.69) is 19.8 Å². The van der Waals surface area contributed by atoms with Crippen molar-refractivity contribution < 1.29 is 24.0 Å². The second-order valence-electron chi connectivity index (χ2n) is 11.9. The summed E-state index contributed by atoms with van der Waals surface area (Å²) in [5.74, 6) is -1.84. The lowest BCUT2D eigenvalue weighted by molar-refractivity contribution is -0.158. The molecule has 2 aliphatic rings. The van der Waals surface area contributed by atoms with E-state index in [1.165, 1.54) is 16.7 Å². The van der Waals surface area contributed by atoms with Gasteiger partial charge in [-0.1, -0.05) is 108 Å². The van der Waals surface area contributed by atoms with E-state index >= 15 is 0 Å². The van der Waals surface area contributed by atoms with Crippen LogP contribution in [0.2, 0.25) is 0 Å². The van der Waals surface area contributed by atoms with Crippen molar-refractivity contribution in [3.8, 4) is 0 Å². The van der Waals surface area contributed by atoms with Gasteiger partial charge in [-0.05, 0) is 20.8 Å². The molecule has 0 aliphatic carbocycles. The molecular weight excluding hydrogens is 672 g/mol. The normalized spacial score (nSPS) is 18.1. The predicted molar refractivity (Wildman–Crippen MR) is 185 cm³/mol. The van der Waals surface area contributed by atoms with Crippen molar-refractivity contribution in [1.29, 1.82) is 0 Å². The summed E-state index contributed by atoms with van der Waals surface area (Å²) in [6, 6.07) is 27.5. The number of nitrogen functional groups attached to an aromatic ring is 1. The minimum atomic E-state index is -1.30. The van der Waals surface area contributed by atoms with Crippen molar-refractivity contribution in [2.75, 3.05) is 11.5 Å². The number of anilines is 1. The molecule has 1 aromatic heterocycles. The van der Waals surface area contributed by atoms with Crippen molar-refractivity contribution >= 4 is 63.5 Å². The Balaban J connectivity index is 1.36. The van der Waals surface area contributed by atoms with Gasteiger partial charge in [0.05, 0.1) is 5.03 Å². The number of carbonyl (C=O) groups excluding carboxylic acids is 3. The molecule has 3 heterocycles. The third-order valence-corrected chi connectivity index (χ3v) is 9.78. The highest BCUT2D eigenvalue weighted by Crippen LogP contribution is 2.43. The molecule has 0 bridgehead atoms. The number of nitrogens with two attached hydrogens (primary N) is 1. The standard InChI is InChI=1S/C34H31ClN6O5S2/c1-33(2,3)45-31(44)26-23(35)19-47-30-25(29(43)41(26)30)37-28(42)24(27-38-32(36)48-40-27)39-46-34(20-13-7-4-8-14-20,21-15-9-5-10-16-21)22-17-11-6-12-18-22/h4-18,25,30H,19H2,1-3H3,(H,37,42)(H2,36,38,40)/b39-24-/t25-,30?/m1/s1. The Labute approximate surface area is 290 Å². The van der Waals surface area contributed by atoms with Crippen LogP contribution in [-0.2, 0) is 29.6 Å². The fourth-order valence-corrected chi connectivity index (χ4v) is 7.39. The number of nitrogens with one attached hydrogen (secondary N) is 1. The van der Waals surface area contributed by atoms with E-state index in [1.54, 1.807) is 20.8 Å². The molecule has 0 spiro atoms. The first-order valence-corrected chi connectivity index (χ1v) is 17.1. The van der Waals surface area contributed by atoms with E-state index in [4.69, 9.17) is 26.9 Å². The summed E-state index contributed by atoms with van der Waals surface area (Å²) >= 11 is 8.60. The molecule has 1 unspecified atom stereocenters. The largest absolute Gasteiger partial charge is 0.455 e. The third kappa shape index (κ3) is 6.40. The average Bonchev–Trinajstić information content (AvgIpc) is 3.51. The molecule has 246 valence electrons. The lowest BCUT2D eigenvalue weighted by Gasteiger charge is -2.49. The number of rotatable bonds is 9. The van der Waals surface area contributed by atoms with Crippen molar-refractivity contribution in [3.63, 3.8) is 0 Å². The second-order valence-corrected chi connectivity index (χ2v) is 14.2. The van der Waals surface area contributed by atoms with Crippen LogP contribution in [0, 0.1) is 0 Å². The number of hydrogen-bond donors (Lipinski definition) is 2. The van der Waals surface area contributed by atoms with Crippen LogP contribution < -0.4 is 11.1 Å². The SMILES string of the molecule is CC(C)(C)OC(=O)C1=C(Cl)CSC2[C@H](NC(=O)/C(=N\OC(c3ccccc3)(c3ccccc3)c3ccccc3)c3nsc(N)n3)C(=O)N12. The van der Waals surface area contributed by atoms with Gasteiger partial charge in [-0.2, -0.15) is 9.36 Å². The number of benzene rings is 3. The smallest absolute Gasteiger partial charge is 0.356 e. The van der Waals surface area contributed by atoms with Crippen LogP contribution in [0.1, 0.15) is 43.3 Å². The summed E-state index contributed by atoms with van der Waals surface area (Å²) in [5.41, 5.74) is 5.73. The van der Waals surface area contributed by atoms with Crippen LogP contribution in [0.5, 0.6) is 0 Å². The molecule has 3 N–H and O–H groups in total. The van der Waals surface area contributed by atoms with Gasteiger partial charge < -0.3 is 20.6 Å². The summed E-state index contributed by atoms with van der Waals surface area (Å²) < 4.78 is 9.74. The Kier molecular flexibility index (Phi) is 9.28. The Morgan fingerprint density at radius 3 is 1.98 bits per heavy atom. The molecule has 3 aromatic carbocycles. The summed E-state index contributed by atoms with van der Waals surface area (Å²) in [5, 5.41) is 6.89. The first-order chi connectivity index (χ1) is 23.0. The molecule has 11 nitrogen and oxygen atoms in total. The van der Waals surface area contributed by atoms with Gasteiger partial charge in [0.15, 0.2) is 5.13 Å². The van der Waals surface area contributed by atoms with Gasteiger partial charge >= 0.3 is 5.97 Å². The number of ether oxygens (including phenoxy) is 1. The molecule has 1 saturated heterocycles. The van der Waals surface area contributed by atoms with Crippen LogP contribution >= 0.6 is 34.9 Å². The van der Waals surface area contributed by atoms with E-state index in [1.807, 2.05) is 91.0 Å². The predicted octanol–water partition coefficient (Wildman–Crippen LogP) is 5.03. The molecule has 2 amide bonds. The number of amides is 2.